The molecule has 1 amide bonds. The lowest BCUT2D eigenvalue weighted by Crippen LogP contribution is -2.31. The zero-order valence-corrected chi connectivity index (χ0v) is 17.0. The van der Waals surface area contributed by atoms with E-state index >= 15 is 0 Å². The molecule has 1 unspecified atom stereocenters. The predicted molar refractivity (Wildman–Crippen MR) is 111 cm³/mol. The van der Waals surface area contributed by atoms with Gasteiger partial charge >= 0.3 is 5.97 Å². The molecule has 0 bridgehead atoms. The van der Waals surface area contributed by atoms with Crippen LogP contribution in [0.1, 0.15) is 34.6 Å². The van der Waals surface area contributed by atoms with E-state index in [1.54, 1.807) is 42.5 Å². The van der Waals surface area contributed by atoms with Gasteiger partial charge in [0, 0.05) is 5.02 Å². The van der Waals surface area contributed by atoms with Gasteiger partial charge in [0.15, 0.2) is 6.61 Å². The molecule has 3 rings (SSSR count). The molecule has 1 atom stereocenters. The molecule has 144 valence electrons. The first kappa shape index (κ1) is 20.0. The Labute approximate surface area is 172 Å². The van der Waals surface area contributed by atoms with E-state index in [1.807, 2.05) is 36.6 Å². The number of nitrogens with one attached hydrogen (secondary N) is 1. The van der Waals surface area contributed by atoms with Crippen molar-refractivity contribution in [2.24, 2.45) is 0 Å². The number of hydrogen-bond donors (Lipinski definition) is 1. The molecule has 0 spiro atoms. The lowest BCUT2D eigenvalue weighted by Gasteiger charge is -2.14. The zero-order chi connectivity index (χ0) is 20.1. The minimum atomic E-state index is -0.572. The fourth-order valence-corrected chi connectivity index (χ4v) is 3.49. The van der Waals surface area contributed by atoms with E-state index in [-0.39, 0.29) is 18.6 Å². The summed E-state index contributed by atoms with van der Waals surface area (Å²) in [7, 11) is 0. The van der Waals surface area contributed by atoms with Gasteiger partial charge in [-0.2, -0.15) is 0 Å². The standard InChI is InChI=1S/C21H19ClN2O3S/c1-13(15-5-7-16(22)8-6-15)24-20(25)12-27-21(26)17-9-10-18(23-14(17)2)19-4-3-11-28-19/h3-11,13H,12H2,1-2H3,(H,24,25). The van der Waals surface area contributed by atoms with Gasteiger partial charge in [-0.1, -0.05) is 29.8 Å². The Balaban J connectivity index is 1.56. The summed E-state index contributed by atoms with van der Waals surface area (Å²) in [6, 6.07) is 14.3. The van der Waals surface area contributed by atoms with Crippen LogP contribution < -0.4 is 5.32 Å². The molecule has 1 aromatic carbocycles. The van der Waals surface area contributed by atoms with Gasteiger partial charge in [-0.3, -0.25) is 9.78 Å². The first-order chi connectivity index (χ1) is 13.4. The molecule has 1 N–H and O–H groups in total. The van der Waals surface area contributed by atoms with Gasteiger partial charge in [-0.15, -0.1) is 11.3 Å². The minimum Gasteiger partial charge on any atom is -0.452 e. The summed E-state index contributed by atoms with van der Waals surface area (Å²) in [6.07, 6.45) is 0. The second-order valence-electron chi connectivity index (χ2n) is 6.22. The van der Waals surface area contributed by atoms with Crippen molar-refractivity contribution in [3.8, 4) is 10.6 Å². The molecule has 0 radical (unpaired) electrons. The van der Waals surface area contributed by atoms with Crippen molar-refractivity contribution in [1.29, 1.82) is 0 Å². The molecule has 0 aliphatic rings. The molecular weight excluding hydrogens is 396 g/mol. The van der Waals surface area contributed by atoms with Gasteiger partial charge < -0.3 is 10.1 Å². The molecule has 2 aromatic heterocycles. The number of aryl methyl sites for hydroxylation is 1. The summed E-state index contributed by atoms with van der Waals surface area (Å²) in [6.45, 7) is 3.24. The van der Waals surface area contributed by atoms with Crippen molar-refractivity contribution < 1.29 is 14.3 Å². The lowest BCUT2D eigenvalue weighted by molar-refractivity contribution is -0.124. The predicted octanol–water partition coefficient (Wildman–Crippen LogP) is 4.81. The number of rotatable bonds is 6. The van der Waals surface area contributed by atoms with Crippen LogP contribution in [-0.2, 0) is 9.53 Å². The number of thiophene rings is 1. The summed E-state index contributed by atoms with van der Waals surface area (Å²) in [5, 5.41) is 5.39. The fourth-order valence-electron chi connectivity index (χ4n) is 2.67. The summed E-state index contributed by atoms with van der Waals surface area (Å²) in [5.41, 5.74) is 2.62. The third-order valence-corrected chi connectivity index (χ3v) is 5.31. The highest BCUT2D eigenvalue weighted by molar-refractivity contribution is 7.13. The van der Waals surface area contributed by atoms with Gasteiger partial charge in [-0.25, -0.2) is 4.79 Å². The number of ether oxygens (including phenoxy) is 1. The molecule has 2 heterocycles. The number of nitrogens with zero attached hydrogens (tertiary/aromatic N) is 1. The van der Waals surface area contributed by atoms with Crippen LogP contribution in [0.15, 0.2) is 53.9 Å². The second-order valence-corrected chi connectivity index (χ2v) is 7.61. The van der Waals surface area contributed by atoms with E-state index in [4.69, 9.17) is 16.3 Å². The molecule has 3 aromatic rings. The second kappa shape index (κ2) is 8.99. The highest BCUT2D eigenvalue weighted by Gasteiger charge is 2.16. The average molecular weight is 415 g/mol. The normalized spacial score (nSPS) is 11.7. The van der Waals surface area contributed by atoms with E-state index in [0.717, 1.165) is 16.1 Å². The SMILES string of the molecule is Cc1nc(-c2cccs2)ccc1C(=O)OCC(=O)NC(C)c1ccc(Cl)cc1. The lowest BCUT2D eigenvalue weighted by atomic mass is 10.1. The molecule has 0 fully saturated rings. The molecule has 0 saturated carbocycles. The van der Waals surface area contributed by atoms with Crippen LogP contribution in [0.25, 0.3) is 10.6 Å². The molecule has 0 aliphatic carbocycles. The maximum atomic E-state index is 12.3. The Hall–Kier alpha value is -2.70. The van der Waals surface area contributed by atoms with Gasteiger partial charge in [0.05, 0.1) is 27.9 Å². The summed E-state index contributed by atoms with van der Waals surface area (Å²) in [5.74, 6) is -0.950. The van der Waals surface area contributed by atoms with Crippen LogP contribution in [0, 0.1) is 6.92 Å². The smallest absolute Gasteiger partial charge is 0.340 e. The highest BCUT2D eigenvalue weighted by Crippen LogP contribution is 2.24. The number of aromatic nitrogens is 1. The molecular formula is C21H19ClN2O3S. The first-order valence-corrected chi connectivity index (χ1v) is 9.93. The molecule has 0 saturated heterocycles. The molecule has 5 nitrogen and oxygen atoms in total. The average Bonchev–Trinajstić information content (AvgIpc) is 3.21. The first-order valence-electron chi connectivity index (χ1n) is 8.67. The van der Waals surface area contributed by atoms with E-state index < -0.39 is 5.97 Å². The Morgan fingerprint density at radius 1 is 1.18 bits per heavy atom. The van der Waals surface area contributed by atoms with Crippen molar-refractivity contribution in [1.82, 2.24) is 10.3 Å². The summed E-state index contributed by atoms with van der Waals surface area (Å²) < 4.78 is 5.15. The quantitative estimate of drug-likeness (QED) is 0.588. The van der Waals surface area contributed by atoms with Crippen LogP contribution in [0.3, 0.4) is 0 Å². The molecule has 0 aliphatic heterocycles. The highest BCUT2D eigenvalue weighted by atomic mass is 35.5. The van der Waals surface area contributed by atoms with Crippen LogP contribution >= 0.6 is 22.9 Å². The number of amides is 1. The number of esters is 1. The summed E-state index contributed by atoms with van der Waals surface area (Å²) in [4.78, 5) is 29.9. The fraction of sp³-hybridized carbons (Fsp3) is 0.190. The van der Waals surface area contributed by atoms with Gasteiger partial charge in [0.25, 0.3) is 5.91 Å². The topological polar surface area (TPSA) is 68.3 Å². The molecule has 28 heavy (non-hydrogen) atoms. The van der Waals surface area contributed by atoms with E-state index in [2.05, 4.69) is 10.3 Å². The van der Waals surface area contributed by atoms with Crippen molar-refractivity contribution in [3.63, 3.8) is 0 Å². The van der Waals surface area contributed by atoms with Crippen molar-refractivity contribution in [2.75, 3.05) is 6.61 Å². The number of carbonyl (C=O) groups is 2. The van der Waals surface area contributed by atoms with Crippen molar-refractivity contribution in [2.45, 2.75) is 19.9 Å². The number of pyridine rings is 1. The Morgan fingerprint density at radius 3 is 2.57 bits per heavy atom. The Kier molecular flexibility index (Phi) is 6.44. The number of halogens is 1. The van der Waals surface area contributed by atoms with Gasteiger partial charge in [0.1, 0.15) is 0 Å². The monoisotopic (exact) mass is 414 g/mol. The maximum absolute atomic E-state index is 12.3. The van der Waals surface area contributed by atoms with Crippen LogP contribution in [0.5, 0.6) is 0 Å². The van der Waals surface area contributed by atoms with E-state index in [9.17, 15) is 9.59 Å². The van der Waals surface area contributed by atoms with Crippen LogP contribution in [0.4, 0.5) is 0 Å². The number of benzene rings is 1. The molecule has 7 heteroatoms. The van der Waals surface area contributed by atoms with E-state index in [0.29, 0.717) is 16.3 Å². The van der Waals surface area contributed by atoms with Crippen molar-refractivity contribution in [3.05, 3.63) is 75.8 Å². The zero-order valence-electron chi connectivity index (χ0n) is 15.4. The Morgan fingerprint density at radius 2 is 1.93 bits per heavy atom. The third kappa shape index (κ3) is 4.97. The van der Waals surface area contributed by atoms with Crippen LogP contribution in [0.2, 0.25) is 5.02 Å². The van der Waals surface area contributed by atoms with Gasteiger partial charge in [0.2, 0.25) is 0 Å². The van der Waals surface area contributed by atoms with Crippen molar-refractivity contribution >= 4 is 34.8 Å². The number of carbonyl (C=O) groups excluding carboxylic acids is 2. The third-order valence-electron chi connectivity index (χ3n) is 4.16. The minimum absolute atomic E-state index is 0.225. The Bertz CT molecular complexity index is 972. The van der Waals surface area contributed by atoms with Crippen LogP contribution in [-0.4, -0.2) is 23.5 Å². The summed E-state index contributed by atoms with van der Waals surface area (Å²) >= 11 is 7.45. The van der Waals surface area contributed by atoms with Gasteiger partial charge in [-0.05, 0) is 55.1 Å². The van der Waals surface area contributed by atoms with E-state index in [1.165, 1.54) is 0 Å². The maximum Gasteiger partial charge on any atom is 0.340 e. The largest absolute Gasteiger partial charge is 0.452 e. The number of hydrogen-bond acceptors (Lipinski definition) is 5.